The third kappa shape index (κ3) is 6.39. The summed E-state index contributed by atoms with van der Waals surface area (Å²) >= 11 is 0. The number of benzene rings is 2. The average Bonchev–Trinajstić information content (AvgIpc) is 2.71. The topological polar surface area (TPSA) is 78.1 Å². The van der Waals surface area contributed by atoms with Crippen LogP contribution >= 0.6 is 12.4 Å². The zero-order valence-electron chi connectivity index (χ0n) is 18.6. The van der Waals surface area contributed by atoms with E-state index in [9.17, 15) is 9.59 Å². The summed E-state index contributed by atoms with van der Waals surface area (Å²) in [7, 11) is 2.11. The summed E-state index contributed by atoms with van der Waals surface area (Å²) < 4.78 is 0. The van der Waals surface area contributed by atoms with Crippen LogP contribution in [-0.4, -0.2) is 40.1 Å². The minimum absolute atomic E-state index is 0. The van der Waals surface area contributed by atoms with Crippen molar-refractivity contribution in [2.24, 2.45) is 0 Å². The second kappa shape index (κ2) is 10.6. The molecule has 2 N–H and O–H groups in total. The number of anilines is 1. The maximum Gasteiger partial charge on any atom is 0.272 e. The molecule has 3 rings (SSSR count). The number of hydrogen-bond donors (Lipinski definition) is 2. The lowest BCUT2D eigenvalue weighted by atomic mass is 10.0. The number of aromatic nitrogens is 2. The minimum atomic E-state index is -0.212. The Morgan fingerprint density at radius 2 is 1.77 bits per heavy atom. The van der Waals surface area contributed by atoms with Gasteiger partial charge in [0.05, 0.1) is 11.1 Å². The summed E-state index contributed by atoms with van der Waals surface area (Å²) in [5.74, 6) is 0.00449. The molecule has 0 saturated heterocycles. The van der Waals surface area contributed by atoms with E-state index in [2.05, 4.69) is 48.2 Å². The van der Waals surface area contributed by atoms with Crippen molar-refractivity contribution in [1.29, 1.82) is 0 Å². The Bertz CT molecular complexity index is 1090. The van der Waals surface area contributed by atoms with Gasteiger partial charge in [0, 0.05) is 28.6 Å². The van der Waals surface area contributed by atoms with Gasteiger partial charge >= 0.3 is 0 Å². The van der Waals surface area contributed by atoms with E-state index in [1.165, 1.54) is 0 Å². The Balaban J connectivity index is 0.00000341. The first-order chi connectivity index (χ1) is 14.3. The molecule has 1 aromatic heterocycles. The molecule has 0 aliphatic carbocycles. The number of nitrogens with one attached hydrogen (secondary N) is 2. The van der Waals surface area contributed by atoms with Crippen LogP contribution < -0.4 is 10.9 Å². The number of nitrogens with zero attached hydrogens (tertiary/aromatic N) is 2. The van der Waals surface area contributed by atoms with Crippen molar-refractivity contribution in [2.45, 2.75) is 45.6 Å². The van der Waals surface area contributed by atoms with Gasteiger partial charge in [0.15, 0.2) is 0 Å². The van der Waals surface area contributed by atoms with E-state index in [0.717, 1.165) is 36.0 Å². The van der Waals surface area contributed by atoms with Crippen molar-refractivity contribution in [3.05, 3.63) is 58.9 Å². The van der Waals surface area contributed by atoms with E-state index in [0.29, 0.717) is 17.5 Å². The van der Waals surface area contributed by atoms with E-state index in [4.69, 9.17) is 0 Å². The third-order valence-corrected chi connectivity index (χ3v) is 5.41. The maximum atomic E-state index is 12.4. The molecule has 0 aliphatic rings. The van der Waals surface area contributed by atoms with Gasteiger partial charge in [-0.25, -0.2) is 5.10 Å². The number of hydrogen-bond acceptors (Lipinski definition) is 4. The highest BCUT2D eigenvalue weighted by molar-refractivity contribution is 5.95. The molecule has 0 saturated carbocycles. The quantitative estimate of drug-likeness (QED) is 0.512. The summed E-state index contributed by atoms with van der Waals surface area (Å²) in [5, 5.41) is 11.2. The summed E-state index contributed by atoms with van der Waals surface area (Å²) in [6.07, 6.45) is 2.31. The number of aromatic amines is 1. The SMILES string of the molecule is CN(CCCCC(=O)Nc1cccc(-c2n[nH]c(=O)c3ccccc23)c1)C(C)(C)C.Cl. The first-order valence-electron chi connectivity index (χ1n) is 10.3. The fraction of sp³-hybridized carbons (Fsp3) is 0.375. The van der Waals surface area contributed by atoms with E-state index in [1.54, 1.807) is 6.07 Å². The van der Waals surface area contributed by atoms with Gasteiger partial charge in [-0.1, -0.05) is 30.3 Å². The highest BCUT2D eigenvalue weighted by atomic mass is 35.5. The van der Waals surface area contributed by atoms with Crippen molar-refractivity contribution < 1.29 is 4.79 Å². The Kier molecular flexibility index (Phi) is 8.36. The summed E-state index contributed by atoms with van der Waals surface area (Å²) in [6, 6.07) is 14.9. The van der Waals surface area contributed by atoms with E-state index in [-0.39, 0.29) is 29.4 Å². The number of carbonyl (C=O) groups is 1. The van der Waals surface area contributed by atoms with Gasteiger partial charge in [0.1, 0.15) is 0 Å². The highest BCUT2D eigenvalue weighted by Crippen LogP contribution is 2.26. The molecule has 6 nitrogen and oxygen atoms in total. The number of amides is 1. The van der Waals surface area contributed by atoms with Crippen LogP contribution in [0.25, 0.3) is 22.0 Å². The van der Waals surface area contributed by atoms with E-state index >= 15 is 0 Å². The summed E-state index contributed by atoms with van der Waals surface area (Å²) in [5.41, 5.74) is 2.18. The predicted molar refractivity (Wildman–Crippen MR) is 130 cm³/mol. The van der Waals surface area contributed by atoms with Gasteiger partial charge in [-0.15, -0.1) is 12.4 Å². The zero-order valence-corrected chi connectivity index (χ0v) is 19.4. The first kappa shape index (κ1) is 24.6. The van der Waals surface area contributed by atoms with Gasteiger partial charge in [-0.2, -0.15) is 5.10 Å². The number of halogens is 1. The fourth-order valence-electron chi connectivity index (χ4n) is 3.27. The van der Waals surface area contributed by atoms with Crippen LogP contribution in [0.2, 0.25) is 0 Å². The normalized spacial score (nSPS) is 11.4. The molecule has 0 unspecified atom stereocenters. The van der Waals surface area contributed by atoms with Gasteiger partial charge in [-0.3, -0.25) is 9.59 Å². The minimum Gasteiger partial charge on any atom is -0.326 e. The second-order valence-electron chi connectivity index (χ2n) is 8.63. The molecule has 31 heavy (non-hydrogen) atoms. The Hall–Kier alpha value is -2.70. The highest BCUT2D eigenvalue weighted by Gasteiger charge is 2.16. The smallest absolute Gasteiger partial charge is 0.272 e. The van der Waals surface area contributed by atoms with Crippen LogP contribution in [0.15, 0.2) is 53.3 Å². The van der Waals surface area contributed by atoms with Crippen LogP contribution in [0.4, 0.5) is 5.69 Å². The number of unbranched alkanes of at least 4 members (excludes halogenated alkanes) is 1. The number of H-pyrrole nitrogens is 1. The number of rotatable bonds is 7. The fourth-order valence-corrected chi connectivity index (χ4v) is 3.27. The van der Waals surface area contributed by atoms with Crippen LogP contribution in [0.1, 0.15) is 40.0 Å². The largest absolute Gasteiger partial charge is 0.326 e. The first-order valence-corrected chi connectivity index (χ1v) is 10.3. The molecule has 3 aromatic rings. The third-order valence-electron chi connectivity index (χ3n) is 5.41. The van der Waals surface area contributed by atoms with Crippen molar-refractivity contribution in [1.82, 2.24) is 15.1 Å². The standard InChI is InChI=1S/C24H30N4O2.ClH/c1-24(2,3)28(4)15-8-7-14-21(29)25-18-11-9-10-17(16-18)22-19-12-5-6-13-20(19)23(30)27-26-22;/h5-6,9-13,16H,7-8,14-15H2,1-4H3,(H,25,29)(H,27,30);1H. The molecule has 7 heteroatoms. The lowest BCUT2D eigenvalue weighted by molar-refractivity contribution is -0.116. The average molecular weight is 443 g/mol. The molecule has 0 fully saturated rings. The van der Waals surface area contributed by atoms with Crippen LogP contribution in [-0.2, 0) is 4.79 Å². The molecular formula is C24H31ClN4O2. The molecule has 0 spiro atoms. The van der Waals surface area contributed by atoms with E-state index < -0.39 is 0 Å². The second-order valence-corrected chi connectivity index (χ2v) is 8.63. The van der Waals surface area contributed by atoms with Crippen LogP contribution in [0, 0.1) is 0 Å². The molecule has 166 valence electrons. The molecular weight excluding hydrogens is 412 g/mol. The van der Waals surface area contributed by atoms with Gasteiger partial charge in [0.2, 0.25) is 5.91 Å². The molecule has 2 aromatic carbocycles. The number of fused-ring (bicyclic) bond motifs is 1. The monoisotopic (exact) mass is 442 g/mol. The van der Waals surface area contributed by atoms with Crippen molar-refractivity contribution >= 4 is 34.8 Å². The lowest BCUT2D eigenvalue weighted by Gasteiger charge is -2.31. The zero-order chi connectivity index (χ0) is 21.7. The Morgan fingerprint density at radius 3 is 2.48 bits per heavy atom. The van der Waals surface area contributed by atoms with Crippen LogP contribution in [0.5, 0.6) is 0 Å². The molecule has 1 amide bonds. The number of carbonyl (C=O) groups excluding carboxylic acids is 1. The van der Waals surface area contributed by atoms with Crippen molar-refractivity contribution in [3.8, 4) is 11.3 Å². The Labute approximate surface area is 189 Å². The van der Waals surface area contributed by atoms with Gasteiger partial charge in [0.25, 0.3) is 5.56 Å². The van der Waals surface area contributed by atoms with Gasteiger partial charge < -0.3 is 10.2 Å². The predicted octanol–water partition coefficient (Wildman–Crippen LogP) is 4.85. The molecule has 0 atom stereocenters. The maximum absolute atomic E-state index is 12.4. The summed E-state index contributed by atoms with van der Waals surface area (Å²) in [6.45, 7) is 7.53. The summed E-state index contributed by atoms with van der Waals surface area (Å²) in [4.78, 5) is 26.7. The Morgan fingerprint density at radius 1 is 1.06 bits per heavy atom. The lowest BCUT2D eigenvalue weighted by Crippen LogP contribution is -2.38. The van der Waals surface area contributed by atoms with E-state index in [1.807, 2.05) is 42.5 Å². The molecule has 0 aliphatic heterocycles. The van der Waals surface area contributed by atoms with Gasteiger partial charge in [-0.05, 0) is 65.4 Å². The van der Waals surface area contributed by atoms with Crippen molar-refractivity contribution in [3.63, 3.8) is 0 Å². The molecule has 1 heterocycles. The van der Waals surface area contributed by atoms with Crippen LogP contribution in [0.3, 0.4) is 0 Å². The molecule has 0 radical (unpaired) electrons. The molecule has 0 bridgehead atoms. The van der Waals surface area contributed by atoms with Crippen molar-refractivity contribution in [2.75, 3.05) is 18.9 Å².